The van der Waals surface area contributed by atoms with Crippen molar-refractivity contribution in [1.82, 2.24) is 0 Å². The summed E-state index contributed by atoms with van der Waals surface area (Å²) in [6.45, 7) is 3.42. The average molecular weight is 198 g/mol. The standard InChI is InChI=1S/C9H10O5/c1-3-13-8(11)6-5-7(10)9(12)14-4-2/h3-4H2,1-2H3. The van der Waals surface area contributed by atoms with Gasteiger partial charge in [0.05, 0.1) is 13.2 Å². The summed E-state index contributed by atoms with van der Waals surface area (Å²) in [6.07, 6.45) is 0. The molecule has 76 valence electrons. The SMILES string of the molecule is CCOC(=O)C#CC(=O)C(=O)OCC. The average Bonchev–Trinajstić information content (AvgIpc) is 2.15. The molecule has 0 aliphatic carbocycles. The molecule has 0 bridgehead atoms. The zero-order chi connectivity index (χ0) is 11.0. The molecule has 0 radical (unpaired) electrons. The Morgan fingerprint density at radius 1 is 1.00 bits per heavy atom. The minimum Gasteiger partial charge on any atom is -0.459 e. The van der Waals surface area contributed by atoms with Crippen molar-refractivity contribution in [2.75, 3.05) is 13.2 Å². The maximum absolute atomic E-state index is 10.8. The zero-order valence-corrected chi connectivity index (χ0v) is 7.96. The molecule has 0 atom stereocenters. The number of esters is 2. The summed E-state index contributed by atoms with van der Waals surface area (Å²) < 4.78 is 8.77. The summed E-state index contributed by atoms with van der Waals surface area (Å²) in [5.41, 5.74) is 0. The van der Waals surface area contributed by atoms with Gasteiger partial charge >= 0.3 is 17.7 Å². The highest BCUT2D eigenvalue weighted by Gasteiger charge is 2.11. The number of hydrogen-bond donors (Lipinski definition) is 0. The Balaban J connectivity index is 4.16. The van der Waals surface area contributed by atoms with Gasteiger partial charge < -0.3 is 9.47 Å². The van der Waals surface area contributed by atoms with Crippen LogP contribution in [0.3, 0.4) is 0 Å². The van der Waals surface area contributed by atoms with E-state index < -0.39 is 17.7 Å². The van der Waals surface area contributed by atoms with Crippen LogP contribution < -0.4 is 0 Å². The molecule has 0 aliphatic heterocycles. The minimum atomic E-state index is -1.07. The van der Waals surface area contributed by atoms with Gasteiger partial charge in [0, 0.05) is 5.92 Å². The van der Waals surface area contributed by atoms with Crippen molar-refractivity contribution in [1.29, 1.82) is 0 Å². The van der Waals surface area contributed by atoms with Gasteiger partial charge in [-0.2, -0.15) is 0 Å². The van der Waals surface area contributed by atoms with E-state index in [1.807, 2.05) is 11.8 Å². The molecule has 5 heteroatoms. The van der Waals surface area contributed by atoms with E-state index in [-0.39, 0.29) is 13.2 Å². The number of carbonyl (C=O) groups excluding carboxylic acids is 3. The van der Waals surface area contributed by atoms with Crippen LogP contribution in [0.25, 0.3) is 0 Å². The van der Waals surface area contributed by atoms with Gasteiger partial charge in [0.15, 0.2) is 0 Å². The van der Waals surface area contributed by atoms with Gasteiger partial charge in [-0.3, -0.25) is 4.79 Å². The van der Waals surface area contributed by atoms with Crippen molar-refractivity contribution in [3.63, 3.8) is 0 Å². The Morgan fingerprint density at radius 2 is 1.57 bits per heavy atom. The molecule has 0 unspecified atom stereocenters. The summed E-state index contributed by atoms with van der Waals surface area (Å²) in [5.74, 6) is 0.711. The molecule has 0 amide bonds. The Kier molecular flexibility index (Phi) is 5.79. The topological polar surface area (TPSA) is 69.7 Å². The number of ether oxygens (including phenoxy) is 2. The molecule has 0 aromatic rings. The first-order valence-corrected chi connectivity index (χ1v) is 4.01. The predicted octanol–water partition coefficient (Wildman–Crippen LogP) is -0.315. The normalized spacial score (nSPS) is 8.14. The molecule has 0 heterocycles. The largest absolute Gasteiger partial charge is 0.459 e. The van der Waals surface area contributed by atoms with Gasteiger partial charge in [-0.1, -0.05) is 0 Å². The first-order valence-electron chi connectivity index (χ1n) is 4.01. The Labute approximate surface area is 81.4 Å². The van der Waals surface area contributed by atoms with Gasteiger partial charge in [-0.25, -0.2) is 9.59 Å². The van der Waals surface area contributed by atoms with Crippen LogP contribution in [0.4, 0.5) is 0 Å². The Bertz CT molecular complexity index is 294. The first-order chi connectivity index (χ1) is 6.61. The van der Waals surface area contributed by atoms with Crippen LogP contribution in [-0.2, 0) is 23.9 Å². The smallest absolute Gasteiger partial charge is 0.388 e. The quantitative estimate of drug-likeness (QED) is 0.204. The van der Waals surface area contributed by atoms with E-state index in [0.717, 1.165) is 0 Å². The molecule has 0 spiro atoms. The van der Waals surface area contributed by atoms with Gasteiger partial charge in [-0.15, -0.1) is 0 Å². The first kappa shape index (κ1) is 12.2. The second kappa shape index (κ2) is 6.66. The predicted molar refractivity (Wildman–Crippen MR) is 46.0 cm³/mol. The third-order valence-corrected chi connectivity index (χ3v) is 1.01. The third-order valence-electron chi connectivity index (χ3n) is 1.01. The van der Waals surface area contributed by atoms with Crippen molar-refractivity contribution in [3.05, 3.63) is 0 Å². The van der Waals surface area contributed by atoms with Gasteiger partial charge in [0.2, 0.25) is 0 Å². The molecule has 0 fully saturated rings. The lowest BCUT2D eigenvalue weighted by Crippen LogP contribution is -2.15. The van der Waals surface area contributed by atoms with E-state index in [9.17, 15) is 14.4 Å². The van der Waals surface area contributed by atoms with Crippen molar-refractivity contribution < 1.29 is 23.9 Å². The fourth-order valence-corrected chi connectivity index (χ4v) is 0.523. The summed E-state index contributed by atoms with van der Waals surface area (Å²) in [5, 5.41) is 0. The highest BCUT2D eigenvalue weighted by atomic mass is 16.5. The lowest BCUT2D eigenvalue weighted by molar-refractivity contribution is -0.150. The summed E-state index contributed by atoms with van der Waals surface area (Å²) in [7, 11) is 0. The number of rotatable bonds is 3. The molecular weight excluding hydrogens is 188 g/mol. The lowest BCUT2D eigenvalue weighted by atomic mass is 10.4. The van der Waals surface area contributed by atoms with Crippen LogP contribution in [0, 0.1) is 11.8 Å². The fourth-order valence-electron chi connectivity index (χ4n) is 0.523. The lowest BCUT2D eigenvalue weighted by Gasteiger charge is -1.93. The van der Waals surface area contributed by atoms with Gasteiger partial charge in [0.25, 0.3) is 0 Å². The van der Waals surface area contributed by atoms with Crippen LogP contribution in [0.2, 0.25) is 0 Å². The van der Waals surface area contributed by atoms with Gasteiger partial charge in [0.1, 0.15) is 0 Å². The van der Waals surface area contributed by atoms with Crippen molar-refractivity contribution in [2.45, 2.75) is 13.8 Å². The molecule has 0 rings (SSSR count). The summed E-state index contributed by atoms with van der Waals surface area (Å²) >= 11 is 0. The maximum Gasteiger partial charge on any atom is 0.388 e. The number of ketones is 1. The fraction of sp³-hybridized carbons (Fsp3) is 0.444. The molecular formula is C9H10O5. The van der Waals surface area contributed by atoms with E-state index in [0.29, 0.717) is 0 Å². The van der Waals surface area contributed by atoms with Crippen LogP contribution in [0.5, 0.6) is 0 Å². The molecule has 14 heavy (non-hydrogen) atoms. The van der Waals surface area contributed by atoms with E-state index >= 15 is 0 Å². The van der Waals surface area contributed by atoms with E-state index in [2.05, 4.69) is 9.47 Å². The summed E-state index contributed by atoms with van der Waals surface area (Å²) in [4.78, 5) is 32.1. The second-order valence-corrected chi connectivity index (χ2v) is 2.02. The van der Waals surface area contributed by atoms with Gasteiger partial charge in [-0.05, 0) is 19.8 Å². The van der Waals surface area contributed by atoms with E-state index in [1.165, 1.54) is 0 Å². The van der Waals surface area contributed by atoms with Crippen LogP contribution in [-0.4, -0.2) is 30.9 Å². The van der Waals surface area contributed by atoms with E-state index in [1.54, 1.807) is 13.8 Å². The van der Waals surface area contributed by atoms with Crippen molar-refractivity contribution in [2.24, 2.45) is 0 Å². The molecule has 0 aromatic carbocycles. The third kappa shape index (κ3) is 4.93. The van der Waals surface area contributed by atoms with E-state index in [4.69, 9.17) is 0 Å². The molecule has 0 N–H and O–H groups in total. The van der Waals surface area contributed by atoms with Crippen LogP contribution >= 0.6 is 0 Å². The zero-order valence-electron chi connectivity index (χ0n) is 7.96. The second-order valence-electron chi connectivity index (χ2n) is 2.02. The molecule has 0 saturated carbocycles. The molecule has 5 nitrogen and oxygen atoms in total. The highest BCUT2D eigenvalue weighted by molar-refractivity contribution is 6.41. The van der Waals surface area contributed by atoms with Crippen LogP contribution in [0.15, 0.2) is 0 Å². The van der Waals surface area contributed by atoms with Crippen molar-refractivity contribution >= 4 is 17.7 Å². The Morgan fingerprint density at radius 3 is 2.07 bits per heavy atom. The summed E-state index contributed by atoms with van der Waals surface area (Å²) in [6, 6.07) is 0. The monoisotopic (exact) mass is 198 g/mol. The number of Topliss-reactive ketones (excluding diaryl/α,β-unsaturated/α-hetero) is 1. The molecule has 0 aliphatic rings. The maximum atomic E-state index is 10.8. The molecule has 0 aromatic heterocycles. The van der Waals surface area contributed by atoms with Crippen molar-refractivity contribution in [3.8, 4) is 11.8 Å². The number of carbonyl (C=O) groups is 3. The number of hydrogen-bond acceptors (Lipinski definition) is 5. The Hall–Kier alpha value is -1.83. The van der Waals surface area contributed by atoms with Crippen LogP contribution in [0.1, 0.15) is 13.8 Å². The minimum absolute atomic E-state index is 0.0889. The highest BCUT2D eigenvalue weighted by Crippen LogP contribution is 1.80. The molecule has 0 saturated heterocycles.